The first kappa shape index (κ1) is 12.8. The van der Waals surface area contributed by atoms with Crippen LogP contribution in [0.4, 0.5) is 0 Å². The number of hydrogen-bond acceptors (Lipinski definition) is 5. The van der Waals surface area contributed by atoms with Crippen molar-refractivity contribution in [3.63, 3.8) is 0 Å². The largest absolute Gasteiger partial charge is 0.342 e. The molecular weight excluding hydrogens is 250 g/mol. The number of likely N-dealkylation sites (tertiary alicyclic amines) is 1. The first-order valence-electron chi connectivity index (χ1n) is 7.00. The zero-order valence-electron chi connectivity index (χ0n) is 11.8. The third kappa shape index (κ3) is 2.43. The summed E-state index contributed by atoms with van der Waals surface area (Å²) in [5, 5.41) is 0. The zero-order chi connectivity index (χ0) is 13.9. The maximum Gasteiger partial charge on any atom is 0.206 e. The van der Waals surface area contributed by atoms with E-state index in [1.165, 1.54) is 19.3 Å². The monoisotopic (exact) mass is 269 g/mol. The van der Waals surface area contributed by atoms with Gasteiger partial charge in [0, 0.05) is 32.0 Å². The second kappa shape index (κ2) is 5.45. The van der Waals surface area contributed by atoms with Crippen LogP contribution in [0, 0.1) is 0 Å². The molecule has 20 heavy (non-hydrogen) atoms. The van der Waals surface area contributed by atoms with Crippen LogP contribution in [0.25, 0.3) is 5.70 Å². The van der Waals surface area contributed by atoms with Gasteiger partial charge in [0.25, 0.3) is 0 Å². The van der Waals surface area contributed by atoms with E-state index in [2.05, 4.69) is 26.3 Å². The third-order valence-electron chi connectivity index (χ3n) is 3.74. The van der Waals surface area contributed by atoms with E-state index in [0.29, 0.717) is 0 Å². The van der Waals surface area contributed by atoms with Gasteiger partial charge >= 0.3 is 0 Å². The SMILES string of the molecule is C=C1C=C(c2ccncn2)N=C(N2CCCCC2)N1C. The zero-order valence-corrected chi connectivity index (χ0v) is 11.8. The summed E-state index contributed by atoms with van der Waals surface area (Å²) in [5.41, 5.74) is 2.63. The van der Waals surface area contributed by atoms with Crippen molar-refractivity contribution in [1.29, 1.82) is 0 Å². The number of aliphatic imine (C=N–C) groups is 1. The van der Waals surface area contributed by atoms with Crippen molar-refractivity contribution in [2.45, 2.75) is 19.3 Å². The predicted molar refractivity (Wildman–Crippen MR) is 79.8 cm³/mol. The van der Waals surface area contributed by atoms with Gasteiger partial charge in [-0.3, -0.25) is 0 Å². The standard InChI is InChI=1S/C15H19N5/c1-12-10-14(13-6-7-16-11-17-13)18-15(19(12)2)20-8-4-3-5-9-20/h6-7,10-11H,1,3-5,8-9H2,2H3. The van der Waals surface area contributed by atoms with Gasteiger partial charge in [-0.05, 0) is 31.4 Å². The smallest absolute Gasteiger partial charge is 0.206 e. The second-order valence-corrected chi connectivity index (χ2v) is 5.13. The topological polar surface area (TPSA) is 44.6 Å². The van der Waals surface area contributed by atoms with Crippen molar-refractivity contribution in [1.82, 2.24) is 19.8 Å². The van der Waals surface area contributed by atoms with E-state index in [0.717, 1.165) is 36.1 Å². The molecule has 2 aliphatic rings. The fourth-order valence-corrected chi connectivity index (χ4v) is 2.55. The molecular formula is C15H19N5. The van der Waals surface area contributed by atoms with Crippen LogP contribution in [0.15, 0.2) is 41.9 Å². The van der Waals surface area contributed by atoms with Crippen LogP contribution in [0.5, 0.6) is 0 Å². The van der Waals surface area contributed by atoms with Gasteiger partial charge < -0.3 is 9.80 Å². The summed E-state index contributed by atoms with van der Waals surface area (Å²) >= 11 is 0. The minimum atomic E-state index is 0.837. The van der Waals surface area contributed by atoms with Gasteiger partial charge in [-0.25, -0.2) is 15.0 Å². The van der Waals surface area contributed by atoms with Crippen molar-refractivity contribution >= 4 is 11.7 Å². The highest BCUT2D eigenvalue weighted by atomic mass is 15.4. The molecule has 0 N–H and O–H groups in total. The van der Waals surface area contributed by atoms with E-state index in [-0.39, 0.29) is 0 Å². The van der Waals surface area contributed by atoms with Crippen molar-refractivity contribution in [2.75, 3.05) is 20.1 Å². The Morgan fingerprint density at radius 2 is 2.00 bits per heavy atom. The Bertz CT molecular complexity index is 555. The van der Waals surface area contributed by atoms with E-state index in [4.69, 9.17) is 4.99 Å². The number of rotatable bonds is 1. The predicted octanol–water partition coefficient (Wildman–Crippen LogP) is 2.12. The molecule has 0 aliphatic carbocycles. The van der Waals surface area contributed by atoms with Crippen molar-refractivity contribution in [2.24, 2.45) is 4.99 Å². The van der Waals surface area contributed by atoms with Crippen LogP contribution in [0.2, 0.25) is 0 Å². The third-order valence-corrected chi connectivity index (χ3v) is 3.74. The lowest BCUT2D eigenvalue weighted by Gasteiger charge is -2.36. The molecule has 5 heteroatoms. The average molecular weight is 269 g/mol. The maximum atomic E-state index is 4.79. The molecule has 3 rings (SSSR count). The Morgan fingerprint density at radius 1 is 1.20 bits per heavy atom. The molecule has 2 aliphatic heterocycles. The fraction of sp³-hybridized carbons (Fsp3) is 0.400. The number of aromatic nitrogens is 2. The number of piperidine rings is 1. The van der Waals surface area contributed by atoms with Gasteiger partial charge in [0.05, 0.1) is 11.4 Å². The Morgan fingerprint density at radius 3 is 2.70 bits per heavy atom. The minimum Gasteiger partial charge on any atom is -0.342 e. The van der Waals surface area contributed by atoms with Crippen LogP contribution in [-0.2, 0) is 0 Å². The molecule has 0 spiro atoms. The number of nitrogens with zero attached hydrogens (tertiary/aromatic N) is 5. The van der Waals surface area contributed by atoms with Crippen molar-refractivity contribution in [3.8, 4) is 0 Å². The lowest BCUT2D eigenvalue weighted by molar-refractivity contribution is 0.311. The van der Waals surface area contributed by atoms with Crippen LogP contribution in [-0.4, -0.2) is 45.9 Å². The Balaban J connectivity index is 1.93. The van der Waals surface area contributed by atoms with E-state index in [9.17, 15) is 0 Å². The van der Waals surface area contributed by atoms with Gasteiger partial charge in [-0.2, -0.15) is 0 Å². The first-order valence-corrected chi connectivity index (χ1v) is 7.00. The van der Waals surface area contributed by atoms with Gasteiger partial charge in [-0.1, -0.05) is 6.58 Å². The van der Waals surface area contributed by atoms with E-state index < -0.39 is 0 Å². The van der Waals surface area contributed by atoms with Crippen LogP contribution in [0.3, 0.4) is 0 Å². The number of likely N-dealkylation sites (N-methyl/N-ethyl adjacent to an activating group) is 1. The fourth-order valence-electron chi connectivity index (χ4n) is 2.55. The van der Waals surface area contributed by atoms with E-state index in [1.54, 1.807) is 12.5 Å². The molecule has 0 saturated carbocycles. The summed E-state index contributed by atoms with van der Waals surface area (Å²) < 4.78 is 0. The van der Waals surface area contributed by atoms with Gasteiger partial charge in [-0.15, -0.1) is 0 Å². The molecule has 3 heterocycles. The minimum absolute atomic E-state index is 0.837. The molecule has 1 fully saturated rings. The Labute approximate surface area is 119 Å². The molecule has 1 aromatic heterocycles. The van der Waals surface area contributed by atoms with Crippen LogP contribution >= 0.6 is 0 Å². The lowest BCUT2D eigenvalue weighted by atomic mass is 10.1. The molecule has 104 valence electrons. The molecule has 1 aromatic rings. The summed E-state index contributed by atoms with van der Waals surface area (Å²) in [6, 6.07) is 1.88. The molecule has 1 saturated heterocycles. The normalized spacial score (nSPS) is 19.8. The summed E-state index contributed by atoms with van der Waals surface area (Å²) in [6.07, 6.45) is 9.02. The van der Waals surface area contributed by atoms with Crippen molar-refractivity contribution < 1.29 is 0 Å². The quantitative estimate of drug-likeness (QED) is 0.783. The van der Waals surface area contributed by atoms with Crippen molar-refractivity contribution in [3.05, 3.63) is 42.6 Å². The van der Waals surface area contributed by atoms with Gasteiger partial charge in [0.2, 0.25) is 5.96 Å². The molecule has 5 nitrogen and oxygen atoms in total. The summed E-state index contributed by atoms with van der Waals surface area (Å²) in [4.78, 5) is 17.4. The Hall–Kier alpha value is -2.17. The van der Waals surface area contributed by atoms with Crippen LogP contribution in [0.1, 0.15) is 25.0 Å². The first-order chi connectivity index (χ1) is 9.75. The van der Waals surface area contributed by atoms with Gasteiger partial charge in [0.1, 0.15) is 6.33 Å². The van der Waals surface area contributed by atoms with Crippen LogP contribution < -0.4 is 0 Å². The van der Waals surface area contributed by atoms with E-state index in [1.807, 2.05) is 19.2 Å². The summed E-state index contributed by atoms with van der Waals surface area (Å²) in [7, 11) is 2.02. The molecule has 0 aromatic carbocycles. The number of guanidine groups is 1. The highest BCUT2D eigenvalue weighted by molar-refractivity contribution is 5.90. The van der Waals surface area contributed by atoms with Gasteiger partial charge in [0.15, 0.2) is 0 Å². The summed E-state index contributed by atoms with van der Waals surface area (Å²) in [5.74, 6) is 0.978. The number of allylic oxidation sites excluding steroid dienone is 1. The Kier molecular flexibility index (Phi) is 3.50. The highest BCUT2D eigenvalue weighted by Gasteiger charge is 2.23. The molecule has 0 atom stereocenters. The second-order valence-electron chi connectivity index (χ2n) is 5.13. The molecule has 0 radical (unpaired) electrons. The molecule has 0 unspecified atom stereocenters. The lowest BCUT2D eigenvalue weighted by Crippen LogP contribution is -2.45. The van der Waals surface area contributed by atoms with E-state index >= 15 is 0 Å². The highest BCUT2D eigenvalue weighted by Crippen LogP contribution is 2.24. The summed E-state index contributed by atoms with van der Waals surface area (Å²) in [6.45, 7) is 6.24. The molecule has 0 amide bonds. The molecule has 0 bridgehead atoms. The maximum absolute atomic E-state index is 4.79. The number of hydrogen-bond donors (Lipinski definition) is 0. The average Bonchev–Trinajstić information content (AvgIpc) is 2.51.